The molecule has 0 saturated heterocycles. The molecule has 69 heavy (non-hydrogen) atoms. The van der Waals surface area contributed by atoms with Crippen LogP contribution in [0.5, 0.6) is 0 Å². The Balaban J connectivity index is 1.71. The first-order valence-electron chi connectivity index (χ1n) is 21.8. The van der Waals surface area contributed by atoms with E-state index in [2.05, 4.69) is 26.6 Å². The molecule has 0 fully saturated rings. The molecule has 9 amide bonds. The minimum atomic E-state index is -1.77. The van der Waals surface area contributed by atoms with E-state index in [4.69, 9.17) is 5.73 Å². The molecule has 1 aliphatic rings. The lowest BCUT2D eigenvalue weighted by molar-refractivity contribution is -0.141. The van der Waals surface area contributed by atoms with E-state index in [1.807, 2.05) is 30.3 Å². The fraction of sp³-hybridized carbons (Fsp3) is 0.404. The van der Waals surface area contributed by atoms with Crippen LogP contribution < -0.4 is 32.3 Å². The summed E-state index contributed by atoms with van der Waals surface area (Å²) in [7, 11) is 0. The molecule has 8 N–H and O–H groups in total. The van der Waals surface area contributed by atoms with Gasteiger partial charge in [-0.25, -0.2) is 8.78 Å². The number of hydrogen-bond donors (Lipinski definition) is 7. The smallest absolute Gasteiger partial charge is 0.254 e. The molecule has 22 heteroatoms. The van der Waals surface area contributed by atoms with Crippen molar-refractivity contribution in [3.63, 3.8) is 0 Å². The molecule has 370 valence electrons. The topological polar surface area (TPSA) is 289 Å². The van der Waals surface area contributed by atoms with Crippen LogP contribution in [0.15, 0.2) is 72.9 Å². The van der Waals surface area contributed by atoms with Crippen molar-refractivity contribution in [2.24, 2.45) is 11.1 Å². The summed E-state index contributed by atoms with van der Waals surface area (Å²) < 4.78 is 31.6. The second-order valence-corrected chi connectivity index (χ2v) is 17.4. The molecule has 1 aliphatic heterocycles. The van der Waals surface area contributed by atoms with Crippen LogP contribution in [0.25, 0.3) is 11.1 Å². The highest BCUT2D eigenvalue weighted by Crippen LogP contribution is 2.41. The van der Waals surface area contributed by atoms with Crippen LogP contribution in [0.4, 0.5) is 8.78 Å². The van der Waals surface area contributed by atoms with E-state index >= 15 is 4.39 Å². The molecule has 3 aromatic rings. The number of nitrogens with zero attached hydrogens (tertiary/aromatic N) is 3. The number of aliphatic hydroxyl groups is 1. The Hall–Kier alpha value is -7.62. The van der Waals surface area contributed by atoms with Crippen LogP contribution in [-0.2, 0) is 54.5 Å². The third-order valence-corrected chi connectivity index (χ3v) is 10.7. The molecular formula is C47H57F2N9O11. The van der Waals surface area contributed by atoms with Gasteiger partial charge in [-0.3, -0.25) is 52.8 Å². The lowest BCUT2D eigenvalue weighted by Gasteiger charge is -2.41. The van der Waals surface area contributed by atoms with Crippen molar-refractivity contribution in [2.45, 2.75) is 84.6 Å². The number of benzene rings is 2. The van der Waals surface area contributed by atoms with Gasteiger partial charge in [0, 0.05) is 74.7 Å². The van der Waals surface area contributed by atoms with Gasteiger partial charge in [-0.15, -0.1) is 0 Å². The summed E-state index contributed by atoms with van der Waals surface area (Å²) in [5.41, 5.74) is 5.97. The summed E-state index contributed by atoms with van der Waals surface area (Å²) in [6.45, 7) is 5.32. The Morgan fingerprint density at radius 2 is 1.39 bits per heavy atom. The predicted octanol–water partition coefficient (Wildman–Crippen LogP) is 0.266. The van der Waals surface area contributed by atoms with Gasteiger partial charge in [-0.1, -0.05) is 51.1 Å². The van der Waals surface area contributed by atoms with Crippen LogP contribution in [-0.4, -0.2) is 129 Å². The van der Waals surface area contributed by atoms with Crippen molar-refractivity contribution in [1.82, 2.24) is 41.0 Å². The highest BCUT2D eigenvalue weighted by atomic mass is 19.1. The van der Waals surface area contributed by atoms with Crippen molar-refractivity contribution in [3.05, 3.63) is 95.8 Å². The number of carbonyl (C=O) groups is 10. The average molecular weight is 962 g/mol. The Morgan fingerprint density at radius 3 is 1.97 bits per heavy atom. The molecular weight excluding hydrogens is 905 g/mol. The number of imide groups is 1. The summed E-state index contributed by atoms with van der Waals surface area (Å²) in [5.74, 6) is -9.66. The number of halogens is 2. The predicted molar refractivity (Wildman–Crippen MR) is 243 cm³/mol. The van der Waals surface area contributed by atoms with Crippen molar-refractivity contribution in [1.29, 1.82) is 0 Å². The molecule has 2 heterocycles. The number of ketones is 1. The molecule has 0 spiro atoms. The summed E-state index contributed by atoms with van der Waals surface area (Å²) in [5, 5.41) is 22.5. The van der Waals surface area contributed by atoms with Gasteiger partial charge in [0.15, 0.2) is 0 Å². The number of hydrogen-bond acceptors (Lipinski definition) is 11. The first-order valence-corrected chi connectivity index (χ1v) is 21.8. The number of Topliss-reactive ketones (excluding diaryl/α,β-unsaturated/α-hetero) is 1. The zero-order valence-electron chi connectivity index (χ0n) is 38.8. The molecule has 0 aliphatic carbocycles. The van der Waals surface area contributed by atoms with E-state index in [0.717, 1.165) is 49.8 Å². The molecule has 0 radical (unpaired) electrons. The lowest BCUT2D eigenvalue weighted by atomic mass is 9.82. The summed E-state index contributed by atoms with van der Waals surface area (Å²) >= 11 is 0. The van der Waals surface area contributed by atoms with E-state index in [9.17, 15) is 57.4 Å². The number of nitrogens with one attached hydrogen (secondary N) is 5. The normalized spacial score (nSPS) is 14.0. The largest absolute Gasteiger partial charge is 0.387 e. The molecule has 4 rings (SSSR count). The van der Waals surface area contributed by atoms with Crippen LogP contribution in [0.2, 0.25) is 0 Å². The third-order valence-electron chi connectivity index (χ3n) is 10.7. The van der Waals surface area contributed by atoms with Crippen LogP contribution in [0.3, 0.4) is 0 Å². The fourth-order valence-corrected chi connectivity index (χ4v) is 7.63. The molecule has 2 aromatic carbocycles. The number of rotatable bonds is 24. The van der Waals surface area contributed by atoms with Crippen LogP contribution in [0, 0.1) is 17.0 Å². The number of aliphatic hydroxyl groups excluding tert-OH is 1. The van der Waals surface area contributed by atoms with Gasteiger partial charge in [-0.2, -0.15) is 0 Å². The molecule has 20 nitrogen and oxygen atoms in total. The minimum absolute atomic E-state index is 0.0660. The number of carbonyl (C=O) groups excluding carboxylic acids is 10. The first-order chi connectivity index (χ1) is 32.5. The van der Waals surface area contributed by atoms with Gasteiger partial charge in [0.1, 0.15) is 48.7 Å². The van der Waals surface area contributed by atoms with E-state index in [0.29, 0.717) is 10.6 Å². The highest BCUT2D eigenvalue weighted by Gasteiger charge is 2.39. The monoisotopic (exact) mass is 961 g/mol. The van der Waals surface area contributed by atoms with E-state index in [1.165, 1.54) is 4.90 Å². The van der Waals surface area contributed by atoms with E-state index < -0.39 is 133 Å². The highest BCUT2D eigenvalue weighted by molar-refractivity contribution is 6.14. The SMILES string of the molecule is CC(=O)C[C@@H](NC(C)=O)C(=O)N[C@@H](CC(N)=O)C(=O)N[C@@H](CCN(C(=O)CO)[C@@H](c1cc(-c2cc(F)ccc2F)cn1Cc1ccccc1)C(C)(C)C)C(=O)NCCNC(=O)CN1C(=O)C=CC1=O. The Kier molecular flexibility index (Phi) is 19.1. The molecule has 4 atom stereocenters. The van der Waals surface area contributed by atoms with Gasteiger partial charge in [0.2, 0.25) is 41.4 Å². The minimum Gasteiger partial charge on any atom is -0.387 e. The van der Waals surface area contributed by atoms with Gasteiger partial charge in [-0.05, 0) is 48.6 Å². The lowest BCUT2D eigenvalue weighted by Crippen LogP contribution is -2.58. The molecule has 1 aromatic heterocycles. The summed E-state index contributed by atoms with van der Waals surface area (Å²) in [4.78, 5) is 130. The van der Waals surface area contributed by atoms with Crippen LogP contribution in [0.1, 0.15) is 71.2 Å². The number of aromatic nitrogens is 1. The zero-order valence-corrected chi connectivity index (χ0v) is 38.8. The van der Waals surface area contributed by atoms with Gasteiger partial charge < -0.3 is 46.9 Å². The van der Waals surface area contributed by atoms with Gasteiger partial charge in [0.05, 0.1) is 12.5 Å². The molecule has 0 saturated carbocycles. The Labute approximate surface area is 396 Å². The van der Waals surface area contributed by atoms with Crippen molar-refractivity contribution in [3.8, 4) is 11.1 Å². The Morgan fingerprint density at radius 1 is 0.783 bits per heavy atom. The standard InChI is InChI=1S/C47H57F2N9O11/c1-27(60)19-35(53-28(2)61)45(68)55-36(22-38(50)62)46(69)54-34(44(67)52-17-16-51-39(63)25-58-40(64)13-14-41(58)65)15-18-57(42(66)26-59)43(47(3,4)5)37-20-30(32-21-31(48)11-12-33(32)49)24-56(37)23-29-9-7-6-8-10-29/h6-14,20-21,24,34-36,43,59H,15-19,22-23,25-26H2,1-5H3,(H2,50,62)(H,51,63)(H,52,67)(H,53,61)(H,54,69)(H,55,68)/t34-,35+,36-,43-/m0/s1. The summed E-state index contributed by atoms with van der Waals surface area (Å²) in [6, 6.07) is 7.92. The summed E-state index contributed by atoms with van der Waals surface area (Å²) in [6.07, 6.45) is 1.92. The van der Waals surface area contributed by atoms with Gasteiger partial charge in [0.25, 0.3) is 11.8 Å². The molecule has 0 unspecified atom stereocenters. The Bertz CT molecular complexity index is 2440. The second-order valence-electron chi connectivity index (χ2n) is 17.4. The van der Waals surface area contributed by atoms with Crippen LogP contribution >= 0.6 is 0 Å². The maximum Gasteiger partial charge on any atom is 0.254 e. The zero-order chi connectivity index (χ0) is 51.2. The molecule has 0 bridgehead atoms. The number of amides is 9. The van der Waals surface area contributed by atoms with E-state index in [-0.39, 0.29) is 37.3 Å². The fourth-order valence-electron chi connectivity index (χ4n) is 7.63. The maximum absolute atomic E-state index is 15.3. The average Bonchev–Trinajstić information content (AvgIpc) is 3.82. The number of primary amides is 1. The first kappa shape index (κ1) is 54.0. The van der Waals surface area contributed by atoms with Crippen molar-refractivity contribution < 1.29 is 61.8 Å². The van der Waals surface area contributed by atoms with Crippen molar-refractivity contribution in [2.75, 3.05) is 32.8 Å². The van der Waals surface area contributed by atoms with Crippen molar-refractivity contribution >= 4 is 58.9 Å². The quantitative estimate of drug-likeness (QED) is 0.0473. The maximum atomic E-state index is 15.3. The number of nitrogens with two attached hydrogens (primary N) is 1. The third kappa shape index (κ3) is 15.7. The van der Waals surface area contributed by atoms with Gasteiger partial charge >= 0.3 is 0 Å². The van der Waals surface area contributed by atoms with E-state index in [1.54, 1.807) is 37.6 Å². The second kappa shape index (κ2) is 24.4.